The first-order valence-corrected chi connectivity index (χ1v) is 28.2. The number of hydrogen-bond donors (Lipinski definition) is 0. The van der Waals surface area contributed by atoms with Crippen molar-refractivity contribution in [2.75, 3.05) is 106 Å². The molecular formula is C58H85NO25. The molecule has 84 heavy (non-hydrogen) atoms. The summed E-state index contributed by atoms with van der Waals surface area (Å²) in [5.74, 6) is -11.9. The van der Waals surface area contributed by atoms with Gasteiger partial charge in [0.15, 0.2) is 23.0 Å². The number of amides is 2. The SMILES string of the molecule is CC1(C)COC(C)(C(=O)OCC(C)(COC(=O)C2(C)COC(C)(C)OC2)C(=O)OCC(C)(COC(=O)C(C)(COC(=O)C2(C)COC(C)(C)OC2)COC(=O)C2(C)COC(C)(C)OC2)C(=O)OCCCN2C(=O)[C@@H]3[C@H](C2=O)[C@H]2C=C[C@@H]3O2)CO1. The number of nitrogens with zero attached hydrogens (tertiary/aromatic N) is 1. The van der Waals surface area contributed by atoms with Crippen LogP contribution in [0.3, 0.4) is 0 Å². The van der Waals surface area contributed by atoms with Crippen molar-refractivity contribution in [3.05, 3.63) is 12.2 Å². The Balaban J connectivity index is 1.11. The Morgan fingerprint density at radius 3 is 1.10 bits per heavy atom. The highest BCUT2D eigenvalue weighted by Crippen LogP contribution is 2.45. The fraction of sp³-hybridized carbons (Fsp3) is 0.810. The van der Waals surface area contributed by atoms with Crippen LogP contribution in [-0.4, -0.2) is 205 Å². The number of imide groups is 1. The van der Waals surface area contributed by atoms with Crippen LogP contribution in [0.15, 0.2) is 12.2 Å². The van der Waals surface area contributed by atoms with Gasteiger partial charge in [0.05, 0.1) is 89.1 Å². The van der Waals surface area contributed by atoms with Crippen molar-refractivity contribution in [3.63, 3.8) is 0 Å². The molecule has 3 unspecified atom stereocenters. The Bertz CT molecular complexity index is 2290. The topological polar surface area (TPSA) is 305 Å². The predicted octanol–water partition coefficient (Wildman–Crippen LogP) is 3.09. The van der Waals surface area contributed by atoms with E-state index in [1.807, 2.05) is 0 Å². The number of ether oxygens (including phenoxy) is 16. The van der Waals surface area contributed by atoms with Crippen molar-refractivity contribution >= 4 is 53.6 Å². The van der Waals surface area contributed by atoms with Gasteiger partial charge < -0.3 is 75.8 Å². The number of likely N-dealkylation sites (tertiary alicyclic amines) is 1. The van der Waals surface area contributed by atoms with E-state index in [0.29, 0.717) is 0 Å². The molecule has 0 aromatic carbocycles. The average molecular weight is 1200 g/mol. The van der Waals surface area contributed by atoms with Gasteiger partial charge in [0.25, 0.3) is 0 Å². The minimum Gasteiger partial charge on any atom is -0.465 e. The number of hydrogen-bond acceptors (Lipinski definition) is 25. The molecule has 0 N–H and O–H groups in total. The van der Waals surface area contributed by atoms with Crippen molar-refractivity contribution in [3.8, 4) is 0 Å². The van der Waals surface area contributed by atoms with Crippen molar-refractivity contribution in [2.45, 2.75) is 151 Å². The maximum absolute atomic E-state index is 14.6. The minimum atomic E-state index is -2.11. The van der Waals surface area contributed by atoms with Gasteiger partial charge in [0.2, 0.25) is 11.8 Å². The van der Waals surface area contributed by atoms with Crippen LogP contribution in [0.1, 0.15) is 110 Å². The zero-order chi connectivity index (χ0) is 62.3. The van der Waals surface area contributed by atoms with Gasteiger partial charge in [-0.2, -0.15) is 0 Å². The smallest absolute Gasteiger partial charge is 0.340 e. The Labute approximate surface area is 489 Å². The van der Waals surface area contributed by atoms with E-state index in [4.69, 9.17) is 75.8 Å². The van der Waals surface area contributed by atoms with Crippen LogP contribution in [0.2, 0.25) is 0 Å². The standard InChI is InChI=1S/C58H85NO25/c1-48(2)21-83-58(15,34-76-48)47(68)75-27-54(11,26-74-46(67)57(14)32-81-51(7,8)82-33-57)43(64)71-23-52(9,41(62)69-20-16-19-59-39(60)37-35-17-18-36(84-35)38(37)40(59)61)22-70-42(63)53(10,24-72-44(65)55(12)28-77-49(3,4)78-29-55)25-73-45(66)56(13)30-79-50(5,6)80-31-56/h17-18,35-38H,16,19-34H2,1-15H3/t35-,36+,37-,38+,52?,54?,58?. The summed E-state index contributed by atoms with van der Waals surface area (Å²) in [6.07, 6.45) is 2.45. The van der Waals surface area contributed by atoms with E-state index in [9.17, 15) is 43.2 Å². The quantitative estimate of drug-likeness (QED) is 0.0467. The zero-order valence-corrected chi connectivity index (χ0v) is 51.1. The van der Waals surface area contributed by atoms with Crippen LogP contribution in [0, 0.1) is 44.3 Å². The molecule has 26 nitrogen and oxygen atoms in total. The molecule has 7 aliphatic rings. The van der Waals surface area contributed by atoms with Gasteiger partial charge in [0.1, 0.15) is 72.1 Å². The third-order valence-corrected chi connectivity index (χ3v) is 16.2. The van der Waals surface area contributed by atoms with E-state index in [1.54, 1.807) is 88.3 Å². The fourth-order valence-electron chi connectivity index (χ4n) is 9.47. The highest BCUT2D eigenvalue weighted by molar-refractivity contribution is 6.06. The lowest BCUT2D eigenvalue weighted by Gasteiger charge is -2.41. The lowest BCUT2D eigenvalue weighted by Crippen LogP contribution is -2.55. The van der Waals surface area contributed by atoms with E-state index in [1.165, 1.54) is 27.7 Å². The molecule has 0 aromatic rings. The van der Waals surface area contributed by atoms with E-state index in [-0.39, 0.29) is 72.4 Å². The molecule has 6 fully saturated rings. The molecule has 2 bridgehead atoms. The number of esters is 7. The van der Waals surface area contributed by atoms with Crippen LogP contribution < -0.4 is 0 Å². The third-order valence-electron chi connectivity index (χ3n) is 16.2. The Hall–Kier alpha value is -5.19. The molecule has 7 rings (SSSR count). The molecule has 6 saturated heterocycles. The summed E-state index contributed by atoms with van der Waals surface area (Å²) >= 11 is 0. The summed E-state index contributed by atoms with van der Waals surface area (Å²) in [5.41, 5.74) is -12.4. The predicted molar refractivity (Wildman–Crippen MR) is 284 cm³/mol. The summed E-state index contributed by atoms with van der Waals surface area (Å²) in [6, 6.07) is 0. The van der Waals surface area contributed by atoms with E-state index < -0.39 is 178 Å². The van der Waals surface area contributed by atoms with Crippen molar-refractivity contribution in [1.29, 1.82) is 0 Å². The molecule has 472 valence electrons. The number of carbonyl (C=O) groups is 9. The number of carbonyl (C=O) groups excluding carboxylic acids is 9. The van der Waals surface area contributed by atoms with Crippen LogP contribution in [-0.2, 0) is 119 Å². The largest absolute Gasteiger partial charge is 0.465 e. The second kappa shape index (κ2) is 24.2. The Kier molecular flexibility index (Phi) is 19.1. The normalized spacial score (nSPS) is 29.0. The van der Waals surface area contributed by atoms with Gasteiger partial charge in [-0.3, -0.25) is 43.3 Å². The average Bonchev–Trinajstić information content (AvgIpc) is 1.71. The Morgan fingerprint density at radius 2 is 0.762 bits per heavy atom. The highest BCUT2D eigenvalue weighted by atomic mass is 16.7. The molecule has 2 amide bonds. The molecular weight excluding hydrogens is 1110 g/mol. The highest BCUT2D eigenvalue weighted by Gasteiger charge is 2.61. The lowest BCUT2D eigenvalue weighted by atomic mass is 9.85. The van der Waals surface area contributed by atoms with Gasteiger partial charge >= 0.3 is 41.8 Å². The maximum Gasteiger partial charge on any atom is 0.340 e. The molecule has 7 aliphatic heterocycles. The Morgan fingerprint density at radius 1 is 0.440 bits per heavy atom. The van der Waals surface area contributed by atoms with Crippen LogP contribution in [0.4, 0.5) is 0 Å². The lowest BCUT2D eigenvalue weighted by molar-refractivity contribution is -0.283. The van der Waals surface area contributed by atoms with Gasteiger partial charge in [-0.15, -0.1) is 0 Å². The van der Waals surface area contributed by atoms with E-state index in [0.717, 1.165) is 4.90 Å². The van der Waals surface area contributed by atoms with Crippen LogP contribution >= 0.6 is 0 Å². The fourth-order valence-corrected chi connectivity index (χ4v) is 9.47. The van der Waals surface area contributed by atoms with Crippen LogP contribution in [0.25, 0.3) is 0 Å². The van der Waals surface area contributed by atoms with Gasteiger partial charge in [-0.1, -0.05) is 12.2 Å². The summed E-state index contributed by atoms with van der Waals surface area (Å²) in [4.78, 5) is 127. The maximum atomic E-state index is 14.6. The zero-order valence-electron chi connectivity index (χ0n) is 51.1. The molecule has 7 atom stereocenters. The first kappa shape index (κ1) is 66.3. The minimum absolute atomic E-state index is 0.0256. The molecule has 26 heteroatoms. The van der Waals surface area contributed by atoms with Crippen LogP contribution in [0.5, 0.6) is 0 Å². The summed E-state index contributed by atoms with van der Waals surface area (Å²) in [6.45, 7) is 17.5. The van der Waals surface area contributed by atoms with Gasteiger partial charge in [-0.25, -0.2) is 4.79 Å². The van der Waals surface area contributed by atoms with Crippen molar-refractivity contribution < 1.29 is 119 Å². The summed E-state index contributed by atoms with van der Waals surface area (Å²) < 4.78 is 92.3. The first-order chi connectivity index (χ1) is 38.7. The van der Waals surface area contributed by atoms with Crippen molar-refractivity contribution in [2.24, 2.45) is 44.3 Å². The van der Waals surface area contributed by atoms with E-state index in [2.05, 4.69) is 0 Å². The summed E-state index contributed by atoms with van der Waals surface area (Å²) in [7, 11) is 0. The molecule has 0 spiro atoms. The van der Waals surface area contributed by atoms with Gasteiger partial charge in [0, 0.05) is 6.54 Å². The second-order valence-electron chi connectivity index (χ2n) is 27.1. The van der Waals surface area contributed by atoms with Gasteiger partial charge in [-0.05, 0) is 110 Å². The molecule has 7 heterocycles. The monoisotopic (exact) mass is 1200 g/mol. The molecule has 0 aliphatic carbocycles. The molecule has 0 aromatic heterocycles. The number of rotatable bonds is 23. The number of fused-ring (bicyclic) bond motifs is 5. The van der Waals surface area contributed by atoms with E-state index >= 15 is 0 Å². The third kappa shape index (κ3) is 14.8. The summed E-state index contributed by atoms with van der Waals surface area (Å²) in [5, 5.41) is 0. The first-order valence-electron chi connectivity index (χ1n) is 28.2. The molecule has 0 saturated carbocycles. The molecule has 0 radical (unpaired) electrons. The second-order valence-corrected chi connectivity index (χ2v) is 27.1. The van der Waals surface area contributed by atoms with Crippen molar-refractivity contribution in [1.82, 2.24) is 4.90 Å².